The first kappa shape index (κ1) is 15.4. The summed E-state index contributed by atoms with van der Waals surface area (Å²) in [6.45, 7) is 0.658. The smallest absolute Gasteiger partial charge is 0.242 e. The van der Waals surface area contributed by atoms with E-state index < -0.39 is 5.41 Å². The fourth-order valence-electron chi connectivity index (χ4n) is 3.25. The van der Waals surface area contributed by atoms with Crippen LogP contribution in [0.5, 0.6) is 0 Å². The number of carbonyl (C=O) groups excluding carboxylic acids is 2. The Labute approximate surface area is 149 Å². The molecule has 122 valence electrons. The number of amides is 2. The van der Waals surface area contributed by atoms with E-state index in [0.29, 0.717) is 25.1 Å². The highest BCUT2D eigenvalue weighted by Gasteiger charge is 2.58. The molecule has 1 aliphatic carbocycles. The van der Waals surface area contributed by atoms with Crippen molar-refractivity contribution in [1.29, 1.82) is 0 Å². The Morgan fingerprint density at radius 1 is 1.04 bits per heavy atom. The van der Waals surface area contributed by atoms with Crippen molar-refractivity contribution < 1.29 is 9.59 Å². The van der Waals surface area contributed by atoms with Gasteiger partial charge in [-0.05, 0) is 55.2 Å². The number of para-hydroxylation sites is 1. The van der Waals surface area contributed by atoms with E-state index in [9.17, 15) is 9.59 Å². The van der Waals surface area contributed by atoms with Gasteiger partial charge in [-0.3, -0.25) is 9.59 Å². The highest BCUT2D eigenvalue weighted by Crippen LogP contribution is 2.49. The minimum Gasteiger partial charge on any atom is -0.325 e. The maximum atomic E-state index is 13.0. The lowest BCUT2D eigenvalue weighted by molar-refractivity contribution is -0.132. The average Bonchev–Trinajstić information content (AvgIpc) is 3.30. The second-order valence-electron chi connectivity index (χ2n) is 6.38. The van der Waals surface area contributed by atoms with Crippen LogP contribution in [0.3, 0.4) is 0 Å². The lowest BCUT2D eigenvalue weighted by atomic mass is 10.0. The van der Waals surface area contributed by atoms with Crippen LogP contribution < -0.4 is 10.2 Å². The van der Waals surface area contributed by atoms with Crippen molar-refractivity contribution in [3.63, 3.8) is 0 Å². The molecule has 0 radical (unpaired) electrons. The zero-order chi connectivity index (χ0) is 16.7. The van der Waals surface area contributed by atoms with Crippen LogP contribution in [0.4, 0.5) is 11.4 Å². The molecule has 1 heterocycles. The molecule has 1 fully saturated rings. The highest BCUT2D eigenvalue weighted by molar-refractivity contribution is 9.10. The van der Waals surface area contributed by atoms with Crippen LogP contribution in [0, 0.1) is 5.41 Å². The fourth-order valence-corrected chi connectivity index (χ4v) is 3.52. The lowest BCUT2D eigenvalue weighted by Gasteiger charge is -2.23. The quantitative estimate of drug-likeness (QED) is 0.819. The van der Waals surface area contributed by atoms with Crippen molar-refractivity contribution in [2.75, 3.05) is 16.8 Å². The topological polar surface area (TPSA) is 49.4 Å². The van der Waals surface area contributed by atoms with E-state index in [1.807, 2.05) is 48.5 Å². The van der Waals surface area contributed by atoms with Crippen LogP contribution in [0.2, 0.25) is 0 Å². The van der Waals surface area contributed by atoms with Gasteiger partial charge in [-0.2, -0.15) is 0 Å². The van der Waals surface area contributed by atoms with Crippen LogP contribution in [-0.4, -0.2) is 18.4 Å². The van der Waals surface area contributed by atoms with Crippen molar-refractivity contribution in [3.05, 3.63) is 58.6 Å². The molecule has 2 aliphatic rings. The highest BCUT2D eigenvalue weighted by atomic mass is 79.9. The monoisotopic (exact) mass is 384 g/mol. The van der Waals surface area contributed by atoms with E-state index in [4.69, 9.17) is 0 Å². The summed E-state index contributed by atoms with van der Waals surface area (Å²) in [6.07, 6.45) is 2.09. The number of fused-ring (bicyclic) bond motifs is 1. The second kappa shape index (κ2) is 5.74. The summed E-state index contributed by atoms with van der Waals surface area (Å²) in [7, 11) is 0. The van der Waals surface area contributed by atoms with E-state index in [1.54, 1.807) is 4.90 Å². The molecule has 4 rings (SSSR count). The zero-order valence-electron chi connectivity index (χ0n) is 13.1. The van der Waals surface area contributed by atoms with Gasteiger partial charge in [-0.15, -0.1) is 0 Å². The molecule has 0 aromatic heterocycles. The van der Waals surface area contributed by atoms with Gasteiger partial charge in [0, 0.05) is 22.4 Å². The Balaban J connectivity index is 1.54. The van der Waals surface area contributed by atoms with E-state index in [0.717, 1.165) is 16.6 Å². The number of hydrogen-bond donors (Lipinski definition) is 1. The third kappa shape index (κ3) is 2.53. The van der Waals surface area contributed by atoms with E-state index in [2.05, 4.69) is 21.2 Å². The molecule has 5 heteroatoms. The summed E-state index contributed by atoms with van der Waals surface area (Å²) in [5.74, 6) is -0.263. The molecule has 0 unspecified atom stereocenters. The minimum absolute atomic E-state index is 0.0675. The number of benzene rings is 2. The summed E-state index contributed by atoms with van der Waals surface area (Å²) in [6, 6.07) is 15.3. The van der Waals surface area contributed by atoms with Gasteiger partial charge in [-0.1, -0.05) is 34.1 Å². The molecule has 1 aliphatic heterocycles. The third-order valence-electron chi connectivity index (χ3n) is 4.83. The minimum atomic E-state index is -0.898. The van der Waals surface area contributed by atoms with Gasteiger partial charge in [-0.25, -0.2) is 0 Å². The molecular weight excluding hydrogens is 368 g/mol. The number of anilines is 2. The first-order valence-electron chi connectivity index (χ1n) is 8.07. The SMILES string of the molecule is O=C(Nc1ccc(Br)cc1)C1(C(=O)N2CCc3ccccc32)CC1. The first-order valence-corrected chi connectivity index (χ1v) is 8.86. The van der Waals surface area contributed by atoms with Gasteiger partial charge < -0.3 is 10.2 Å². The summed E-state index contributed by atoms with van der Waals surface area (Å²) >= 11 is 3.37. The first-order chi connectivity index (χ1) is 11.6. The zero-order valence-corrected chi connectivity index (χ0v) is 14.7. The molecule has 2 aromatic rings. The molecule has 0 saturated heterocycles. The molecule has 1 N–H and O–H groups in total. The van der Waals surface area contributed by atoms with Gasteiger partial charge in [0.05, 0.1) is 0 Å². The maximum Gasteiger partial charge on any atom is 0.242 e. The number of nitrogens with one attached hydrogen (secondary N) is 1. The van der Waals surface area contributed by atoms with Crippen molar-refractivity contribution in [2.24, 2.45) is 5.41 Å². The van der Waals surface area contributed by atoms with Crippen LogP contribution in [-0.2, 0) is 16.0 Å². The molecule has 0 spiro atoms. The molecule has 0 atom stereocenters. The van der Waals surface area contributed by atoms with Crippen molar-refractivity contribution >= 4 is 39.1 Å². The van der Waals surface area contributed by atoms with Crippen molar-refractivity contribution in [1.82, 2.24) is 0 Å². The second-order valence-corrected chi connectivity index (χ2v) is 7.29. The summed E-state index contributed by atoms with van der Waals surface area (Å²) < 4.78 is 0.950. The fraction of sp³-hybridized carbons (Fsp3) is 0.263. The Morgan fingerprint density at radius 2 is 1.75 bits per heavy atom. The number of rotatable bonds is 3. The maximum absolute atomic E-state index is 13.0. The lowest BCUT2D eigenvalue weighted by Crippen LogP contribution is -2.42. The van der Waals surface area contributed by atoms with Crippen LogP contribution in [0.15, 0.2) is 53.0 Å². The predicted molar refractivity (Wildman–Crippen MR) is 96.9 cm³/mol. The number of halogens is 1. The number of nitrogens with zero attached hydrogens (tertiary/aromatic N) is 1. The Kier molecular flexibility index (Phi) is 3.68. The number of hydrogen-bond acceptors (Lipinski definition) is 2. The molecule has 4 nitrogen and oxygen atoms in total. The van der Waals surface area contributed by atoms with Crippen molar-refractivity contribution in [3.8, 4) is 0 Å². The largest absolute Gasteiger partial charge is 0.325 e. The molecular formula is C19H17BrN2O2. The van der Waals surface area contributed by atoms with Gasteiger partial charge in [0.15, 0.2) is 0 Å². The Bertz CT molecular complexity index is 812. The Morgan fingerprint density at radius 3 is 2.46 bits per heavy atom. The number of carbonyl (C=O) groups is 2. The van der Waals surface area contributed by atoms with Gasteiger partial charge in [0.1, 0.15) is 5.41 Å². The van der Waals surface area contributed by atoms with E-state index in [1.165, 1.54) is 5.56 Å². The van der Waals surface area contributed by atoms with Gasteiger partial charge in [0.25, 0.3) is 0 Å². The van der Waals surface area contributed by atoms with Gasteiger partial charge >= 0.3 is 0 Å². The van der Waals surface area contributed by atoms with Crippen LogP contribution in [0.1, 0.15) is 18.4 Å². The standard InChI is InChI=1S/C19H17BrN2O2/c20-14-5-7-15(8-6-14)21-17(23)19(10-11-19)18(24)22-12-9-13-3-1-2-4-16(13)22/h1-8H,9-12H2,(H,21,23). The van der Waals surface area contributed by atoms with Crippen molar-refractivity contribution in [2.45, 2.75) is 19.3 Å². The molecule has 0 bridgehead atoms. The molecule has 2 aromatic carbocycles. The molecule has 24 heavy (non-hydrogen) atoms. The predicted octanol–water partition coefficient (Wildman–Crippen LogP) is 3.76. The summed E-state index contributed by atoms with van der Waals surface area (Å²) in [5.41, 5.74) is 1.94. The van der Waals surface area contributed by atoms with Gasteiger partial charge in [0.2, 0.25) is 11.8 Å². The van der Waals surface area contributed by atoms with E-state index >= 15 is 0 Å². The average molecular weight is 385 g/mol. The van der Waals surface area contributed by atoms with E-state index in [-0.39, 0.29) is 11.8 Å². The van der Waals surface area contributed by atoms with Crippen LogP contribution in [0.25, 0.3) is 0 Å². The Hall–Kier alpha value is -2.14. The summed E-state index contributed by atoms with van der Waals surface area (Å²) in [4.78, 5) is 27.5. The third-order valence-corrected chi connectivity index (χ3v) is 5.36. The van der Waals surface area contributed by atoms with Crippen LogP contribution >= 0.6 is 15.9 Å². The summed E-state index contributed by atoms with van der Waals surface area (Å²) in [5, 5.41) is 2.89. The molecule has 1 saturated carbocycles. The normalized spacial score (nSPS) is 17.3. The molecule has 2 amide bonds.